The van der Waals surface area contributed by atoms with Crippen LogP contribution in [0.4, 0.5) is 18.9 Å². The molecular formula is C14H11F3N2S. The van der Waals surface area contributed by atoms with E-state index < -0.39 is 11.7 Å². The topological polar surface area (TPSA) is 29.3 Å². The van der Waals surface area contributed by atoms with Gasteiger partial charge in [0.15, 0.2) is 0 Å². The lowest BCUT2D eigenvalue weighted by molar-refractivity contribution is -0.137. The third-order valence-electron chi connectivity index (χ3n) is 3.14. The van der Waals surface area contributed by atoms with Crippen LogP contribution in [-0.4, -0.2) is 6.67 Å². The highest BCUT2D eigenvalue weighted by Gasteiger charge is 2.32. The van der Waals surface area contributed by atoms with E-state index in [1.807, 2.05) is 24.3 Å². The van der Waals surface area contributed by atoms with Crippen LogP contribution in [0.5, 0.6) is 0 Å². The summed E-state index contributed by atoms with van der Waals surface area (Å²) in [4.78, 5) is 0.907. The van der Waals surface area contributed by atoms with Gasteiger partial charge in [-0.3, -0.25) is 4.31 Å². The zero-order valence-corrected chi connectivity index (χ0v) is 11.1. The van der Waals surface area contributed by atoms with Crippen molar-refractivity contribution in [3.05, 3.63) is 48.0 Å². The molecule has 1 aliphatic heterocycles. The van der Waals surface area contributed by atoms with Crippen LogP contribution >= 0.6 is 11.9 Å². The van der Waals surface area contributed by atoms with E-state index in [0.29, 0.717) is 11.3 Å². The second-order valence-corrected chi connectivity index (χ2v) is 5.44. The van der Waals surface area contributed by atoms with Crippen molar-refractivity contribution in [2.45, 2.75) is 11.1 Å². The van der Waals surface area contributed by atoms with Crippen molar-refractivity contribution < 1.29 is 13.2 Å². The summed E-state index contributed by atoms with van der Waals surface area (Å²) in [6.07, 6.45) is -4.35. The maximum atomic E-state index is 12.9. The smallest absolute Gasteiger partial charge is 0.313 e. The molecule has 104 valence electrons. The first kappa shape index (κ1) is 13.3. The first-order valence-electron chi connectivity index (χ1n) is 5.97. The second kappa shape index (κ2) is 4.71. The first-order chi connectivity index (χ1) is 9.50. The molecule has 0 spiro atoms. The van der Waals surface area contributed by atoms with E-state index in [9.17, 15) is 13.2 Å². The summed E-state index contributed by atoms with van der Waals surface area (Å²) >= 11 is 1.44. The average molecular weight is 296 g/mol. The Morgan fingerprint density at radius 3 is 2.50 bits per heavy atom. The number of alkyl halides is 3. The molecule has 1 aliphatic rings. The number of anilines is 1. The summed E-state index contributed by atoms with van der Waals surface area (Å²) in [5, 5.41) is 0. The van der Waals surface area contributed by atoms with Crippen molar-refractivity contribution in [1.29, 1.82) is 0 Å². The van der Waals surface area contributed by atoms with Crippen molar-refractivity contribution in [2.24, 2.45) is 5.73 Å². The molecule has 0 atom stereocenters. The molecule has 0 radical (unpaired) electrons. The maximum absolute atomic E-state index is 12.9. The molecule has 3 rings (SSSR count). The molecule has 2 aromatic rings. The van der Waals surface area contributed by atoms with Gasteiger partial charge >= 0.3 is 6.18 Å². The summed E-state index contributed by atoms with van der Waals surface area (Å²) in [5.41, 5.74) is 7.13. The third-order valence-corrected chi connectivity index (χ3v) is 4.26. The number of nitrogens with two attached hydrogens (primary N) is 1. The van der Waals surface area contributed by atoms with Crippen LogP contribution < -0.4 is 10.0 Å². The minimum atomic E-state index is -4.35. The van der Waals surface area contributed by atoms with Crippen LogP contribution in [0.3, 0.4) is 0 Å². The molecule has 2 aromatic carbocycles. The Morgan fingerprint density at radius 2 is 1.80 bits per heavy atom. The van der Waals surface area contributed by atoms with Gasteiger partial charge in [-0.25, -0.2) is 0 Å². The zero-order chi connectivity index (χ0) is 14.3. The fourth-order valence-electron chi connectivity index (χ4n) is 2.22. The summed E-state index contributed by atoms with van der Waals surface area (Å²) in [6.45, 7) is 0.233. The van der Waals surface area contributed by atoms with Crippen LogP contribution in [0.1, 0.15) is 5.56 Å². The van der Waals surface area contributed by atoms with Gasteiger partial charge in [0.2, 0.25) is 0 Å². The van der Waals surface area contributed by atoms with Crippen LogP contribution in [0.15, 0.2) is 47.4 Å². The van der Waals surface area contributed by atoms with Crippen LogP contribution in [-0.2, 0) is 6.18 Å². The second-order valence-electron chi connectivity index (χ2n) is 4.38. The van der Waals surface area contributed by atoms with Gasteiger partial charge in [-0.2, -0.15) is 13.2 Å². The summed E-state index contributed by atoms with van der Waals surface area (Å²) in [7, 11) is 0. The standard InChI is InChI=1S/C14H11F3N2S/c15-14(16,17)9-5-6-12-11(7-9)10-3-1-2-4-13(10)20-19(12)8-18/h1-7H,8,18H2. The summed E-state index contributed by atoms with van der Waals surface area (Å²) in [5.74, 6) is 0. The van der Waals surface area contributed by atoms with Crippen molar-refractivity contribution in [1.82, 2.24) is 0 Å². The van der Waals surface area contributed by atoms with Gasteiger partial charge in [-0.1, -0.05) is 18.2 Å². The molecule has 2 nitrogen and oxygen atoms in total. The largest absolute Gasteiger partial charge is 0.416 e. The maximum Gasteiger partial charge on any atom is 0.416 e. The monoisotopic (exact) mass is 296 g/mol. The van der Waals surface area contributed by atoms with Gasteiger partial charge in [0.25, 0.3) is 0 Å². The van der Waals surface area contributed by atoms with E-state index in [0.717, 1.165) is 16.5 Å². The Bertz CT molecular complexity index is 655. The average Bonchev–Trinajstić information content (AvgIpc) is 2.44. The highest BCUT2D eigenvalue weighted by Crippen LogP contribution is 2.47. The molecule has 0 aromatic heterocycles. The normalized spacial score (nSPS) is 13.9. The Kier molecular flexibility index (Phi) is 3.14. The van der Waals surface area contributed by atoms with Gasteiger partial charge < -0.3 is 5.73 Å². The van der Waals surface area contributed by atoms with Gasteiger partial charge in [-0.05, 0) is 41.8 Å². The summed E-state index contributed by atoms with van der Waals surface area (Å²) < 4.78 is 40.4. The molecule has 2 N–H and O–H groups in total. The van der Waals surface area contributed by atoms with Gasteiger partial charge in [0, 0.05) is 10.5 Å². The Hall–Kier alpha value is -1.66. The molecule has 20 heavy (non-hydrogen) atoms. The molecular weight excluding hydrogens is 285 g/mol. The highest BCUT2D eigenvalue weighted by molar-refractivity contribution is 8.00. The molecule has 1 heterocycles. The summed E-state index contributed by atoms with van der Waals surface area (Å²) in [6, 6.07) is 11.2. The highest BCUT2D eigenvalue weighted by atomic mass is 32.2. The van der Waals surface area contributed by atoms with E-state index in [4.69, 9.17) is 5.73 Å². The predicted octanol–water partition coefficient (Wildman–Crippen LogP) is 4.12. The Morgan fingerprint density at radius 1 is 1.05 bits per heavy atom. The van der Waals surface area contributed by atoms with E-state index in [-0.39, 0.29) is 6.67 Å². The van der Waals surface area contributed by atoms with E-state index in [2.05, 4.69) is 0 Å². The molecule has 0 saturated heterocycles. The minimum absolute atomic E-state index is 0.233. The van der Waals surface area contributed by atoms with E-state index in [1.54, 1.807) is 4.31 Å². The quantitative estimate of drug-likeness (QED) is 0.803. The van der Waals surface area contributed by atoms with Crippen LogP contribution in [0.2, 0.25) is 0 Å². The number of nitrogens with zero attached hydrogens (tertiary/aromatic N) is 1. The van der Waals surface area contributed by atoms with Gasteiger partial charge in [-0.15, -0.1) is 0 Å². The van der Waals surface area contributed by atoms with Crippen molar-refractivity contribution in [3.8, 4) is 11.1 Å². The molecule has 0 unspecified atom stereocenters. The first-order valence-corrected chi connectivity index (χ1v) is 6.74. The molecule has 0 saturated carbocycles. The van der Waals surface area contributed by atoms with E-state index >= 15 is 0 Å². The van der Waals surface area contributed by atoms with Crippen molar-refractivity contribution >= 4 is 17.6 Å². The number of fused-ring (bicyclic) bond motifs is 3. The molecule has 0 bridgehead atoms. The number of hydrogen-bond acceptors (Lipinski definition) is 3. The SMILES string of the molecule is NCN1Sc2ccccc2-c2cc(C(F)(F)F)ccc21. The third kappa shape index (κ3) is 2.14. The number of benzene rings is 2. The minimum Gasteiger partial charge on any atom is -0.313 e. The van der Waals surface area contributed by atoms with Crippen molar-refractivity contribution in [2.75, 3.05) is 11.0 Å². The lowest BCUT2D eigenvalue weighted by atomic mass is 10.00. The van der Waals surface area contributed by atoms with Gasteiger partial charge in [0.05, 0.1) is 17.9 Å². The Balaban J connectivity index is 2.22. The molecule has 0 fully saturated rings. The predicted molar refractivity (Wildman–Crippen MR) is 74.3 cm³/mol. The van der Waals surface area contributed by atoms with E-state index in [1.165, 1.54) is 24.1 Å². The number of halogens is 3. The van der Waals surface area contributed by atoms with Gasteiger partial charge in [0.1, 0.15) is 0 Å². The number of hydrogen-bond donors (Lipinski definition) is 1. The molecule has 0 amide bonds. The van der Waals surface area contributed by atoms with Crippen LogP contribution in [0, 0.1) is 0 Å². The number of rotatable bonds is 1. The van der Waals surface area contributed by atoms with Crippen molar-refractivity contribution in [3.63, 3.8) is 0 Å². The lowest BCUT2D eigenvalue weighted by Crippen LogP contribution is -2.25. The zero-order valence-electron chi connectivity index (χ0n) is 10.3. The Labute approximate surface area is 118 Å². The molecule has 6 heteroatoms. The molecule has 0 aliphatic carbocycles. The fraction of sp³-hybridized carbons (Fsp3) is 0.143. The lowest BCUT2D eigenvalue weighted by Gasteiger charge is -2.30. The fourth-order valence-corrected chi connectivity index (χ4v) is 3.20. The van der Waals surface area contributed by atoms with Crippen LogP contribution in [0.25, 0.3) is 11.1 Å².